The van der Waals surface area contributed by atoms with E-state index in [2.05, 4.69) is 6.07 Å². The van der Waals surface area contributed by atoms with Gasteiger partial charge in [-0.1, -0.05) is 25.0 Å². The Labute approximate surface area is 114 Å². The lowest BCUT2D eigenvalue weighted by Crippen LogP contribution is -2.14. The molecule has 1 heterocycles. The molecule has 2 heteroatoms. The van der Waals surface area contributed by atoms with Crippen molar-refractivity contribution in [1.29, 1.82) is 0 Å². The van der Waals surface area contributed by atoms with Crippen LogP contribution in [0.2, 0.25) is 0 Å². The van der Waals surface area contributed by atoms with E-state index in [0.717, 1.165) is 30.8 Å². The van der Waals surface area contributed by atoms with E-state index in [0.29, 0.717) is 23.5 Å². The van der Waals surface area contributed by atoms with Crippen molar-refractivity contribution in [2.45, 2.75) is 38.5 Å². The van der Waals surface area contributed by atoms with Gasteiger partial charge in [0.2, 0.25) is 0 Å². The molecule has 1 aliphatic heterocycles. The number of Topliss-reactive ketones (excluding diaryl/α,β-unsaturated/α-hetero) is 1. The maximum absolute atomic E-state index is 12.8. The second-order valence-corrected chi connectivity index (χ2v) is 6.25. The number of ether oxygens (including phenoxy) is 1. The molecule has 19 heavy (non-hydrogen) atoms. The molecule has 1 aromatic carbocycles. The average Bonchev–Trinajstić information content (AvgIpc) is 3.20. The van der Waals surface area contributed by atoms with Gasteiger partial charge in [0.15, 0.2) is 5.78 Å². The maximum Gasteiger partial charge on any atom is 0.170 e. The van der Waals surface area contributed by atoms with E-state index in [1.165, 1.54) is 31.2 Å². The highest BCUT2D eigenvalue weighted by molar-refractivity contribution is 6.02. The van der Waals surface area contributed by atoms with Crippen molar-refractivity contribution in [3.63, 3.8) is 0 Å². The normalized spacial score (nSPS) is 31.9. The van der Waals surface area contributed by atoms with Gasteiger partial charge in [0.25, 0.3) is 0 Å². The molecule has 2 nitrogen and oxygen atoms in total. The van der Waals surface area contributed by atoms with E-state index < -0.39 is 0 Å². The number of para-hydroxylation sites is 1. The van der Waals surface area contributed by atoms with Gasteiger partial charge in [0.1, 0.15) is 5.75 Å². The van der Waals surface area contributed by atoms with Crippen LogP contribution in [0.5, 0.6) is 5.75 Å². The van der Waals surface area contributed by atoms with Crippen LogP contribution >= 0.6 is 0 Å². The fourth-order valence-electron chi connectivity index (χ4n) is 4.14. The highest BCUT2D eigenvalue weighted by Gasteiger charge is 2.55. The van der Waals surface area contributed by atoms with Crippen LogP contribution in [-0.4, -0.2) is 12.4 Å². The third-order valence-electron chi connectivity index (χ3n) is 5.16. The molecule has 0 bridgehead atoms. The summed E-state index contributed by atoms with van der Waals surface area (Å²) in [6, 6.07) is 6.09. The third kappa shape index (κ3) is 1.80. The van der Waals surface area contributed by atoms with Gasteiger partial charge < -0.3 is 4.74 Å². The van der Waals surface area contributed by atoms with Gasteiger partial charge in [0.05, 0.1) is 12.2 Å². The Hall–Kier alpha value is -1.31. The molecule has 0 aromatic heterocycles. The molecule has 0 amide bonds. The summed E-state index contributed by atoms with van der Waals surface area (Å²) < 4.78 is 5.79. The van der Waals surface area contributed by atoms with Crippen LogP contribution in [0.15, 0.2) is 18.2 Å². The number of hydrogen-bond acceptors (Lipinski definition) is 2. The first-order valence-electron chi connectivity index (χ1n) is 7.65. The van der Waals surface area contributed by atoms with E-state index in [-0.39, 0.29) is 0 Å². The summed E-state index contributed by atoms with van der Waals surface area (Å²) in [5.41, 5.74) is 2.08. The molecule has 3 aliphatic rings. The topological polar surface area (TPSA) is 26.3 Å². The Morgan fingerprint density at radius 1 is 1.11 bits per heavy atom. The quantitative estimate of drug-likeness (QED) is 0.755. The summed E-state index contributed by atoms with van der Waals surface area (Å²) in [5, 5.41) is 0. The molecule has 2 atom stereocenters. The molecule has 0 N–H and O–H groups in total. The second-order valence-electron chi connectivity index (χ2n) is 6.25. The van der Waals surface area contributed by atoms with Crippen molar-refractivity contribution in [2.24, 2.45) is 17.8 Å². The summed E-state index contributed by atoms with van der Waals surface area (Å²) in [6.07, 6.45) is 7.27. The Balaban J connectivity index is 1.64. The Morgan fingerprint density at radius 2 is 1.89 bits per heavy atom. The predicted octanol–water partition coefficient (Wildman–Crippen LogP) is 3.63. The first-order valence-corrected chi connectivity index (χ1v) is 7.65. The highest BCUT2D eigenvalue weighted by atomic mass is 16.5. The summed E-state index contributed by atoms with van der Waals surface area (Å²) >= 11 is 0. The molecule has 4 rings (SSSR count). The summed E-state index contributed by atoms with van der Waals surface area (Å²) in [7, 11) is 0. The van der Waals surface area contributed by atoms with Crippen LogP contribution in [0.3, 0.4) is 0 Å². The second kappa shape index (κ2) is 4.36. The first-order chi connectivity index (χ1) is 9.36. The summed E-state index contributed by atoms with van der Waals surface area (Å²) in [5.74, 6) is 2.92. The minimum Gasteiger partial charge on any atom is -0.493 e. The lowest BCUT2D eigenvalue weighted by Gasteiger charge is -2.19. The van der Waals surface area contributed by atoms with Gasteiger partial charge in [-0.05, 0) is 49.1 Å². The zero-order valence-corrected chi connectivity index (χ0v) is 11.2. The first kappa shape index (κ1) is 11.5. The molecule has 0 spiro atoms. The van der Waals surface area contributed by atoms with Gasteiger partial charge >= 0.3 is 0 Å². The number of carbonyl (C=O) groups excluding carboxylic acids is 1. The number of ketones is 1. The summed E-state index contributed by atoms with van der Waals surface area (Å²) in [6.45, 7) is 0.759. The van der Waals surface area contributed by atoms with Crippen molar-refractivity contribution in [1.82, 2.24) is 0 Å². The van der Waals surface area contributed by atoms with Crippen molar-refractivity contribution >= 4 is 5.78 Å². The van der Waals surface area contributed by atoms with Gasteiger partial charge in [-0.3, -0.25) is 4.79 Å². The average molecular weight is 256 g/mol. The molecule has 0 saturated heterocycles. The minimum absolute atomic E-state index is 0.305. The Kier molecular flexibility index (Phi) is 2.64. The van der Waals surface area contributed by atoms with Crippen LogP contribution < -0.4 is 4.74 Å². The van der Waals surface area contributed by atoms with Gasteiger partial charge in [-0.2, -0.15) is 0 Å². The molecule has 0 radical (unpaired) electrons. The zero-order chi connectivity index (χ0) is 12.8. The monoisotopic (exact) mass is 256 g/mol. The van der Waals surface area contributed by atoms with Crippen LogP contribution in [-0.2, 0) is 6.42 Å². The highest BCUT2D eigenvalue weighted by Crippen LogP contribution is 2.57. The fourth-order valence-corrected chi connectivity index (χ4v) is 4.14. The van der Waals surface area contributed by atoms with E-state index in [1.807, 2.05) is 12.1 Å². The van der Waals surface area contributed by atoms with E-state index in [1.54, 1.807) is 0 Å². The van der Waals surface area contributed by atoms with Crippen LogP contribution in [0.1, 0.15) is 48.0 Å². The van der Waals surface area contributed by atoms with Crippen LogP contribution in [0.4, 0.5) is 0 Å². The summed E-state index contributed by atoms with van der Waals surface area (Å²) in [4.78, 5) is 12.8. The number of benzene rings is 1. The van der Waals surface area contributed by atoms with E-state index >= 15 is 0 Å². The number of hydrogen-bond donors (Lipinski definition) is 0. The van der Waals surface area contributed by atoms with Crippen molar-refractivity contribution in [3.8, 4) is 5.75 Å². The number of aryl methyl sites for hydroxylation is 1. The number of rotatable bonds is 2. The van der Waals surface area contributed by atoms with Crippen molar-refractivity contribution in [2.75, 3.05) is 6.61 Å². The maximum atomic E-state index is 12.8. The molecule has 2 saturated carbocycles. The third-order valence-corrected chi connectivity index (χ3v) is 5.16. The van der Waals surface area contributed by atoms with E-state index in [9.17, 15) is 4.79 Å². The zero-order valence-electron chi connectivity index (χ0n) is 11.2. The fraction of sp³-hybridized carbons (Fsp3) is 0.588. The molecule has 2 fully saturated rings. The molecule has 100 valence electrons. The number of carbonyl (C=O) groups is 1. The van der Waals surface area contributed by atoms with Crippen molar-refractivity contribution in [3.05, 3.63) is 29.3 Å². The molecular weight excluding hydrogens is 236 g/mol. The van der Waals surface area contributed by atoms with E-state index in [4.69, 9.17) is 4.74 Å². The Bertz CT molecular complexity index is 508. The predicted molar refractivity (Wildman–Crippen MR) is 73.5 cm³/mol. The lowest BCUT2D eigenvalue weighted by atomic mass is 9.97. The molecule has 2 aliphatic carbocycles. The lowest BCUT2D eigenvalue weighted by molar-refractivity contribution is 0.0951. The van der Waals surface area contributed by atoms with Crippen LogP contribution in [0.25, 0.3) is 0 Å². The molecular formula is C17H20O2. The minimum atomic E-state index is 0.305. The SMILES string of the molecule is O=C(c1cccc2c1OCCC2)C1C2CCCCC21. The van der Waals surface area contributed by atoms with Crippen LogP contribution in [0, 0.1) is 17.8 Å². The van der Waals surface area contributed by atoms with Gasteiger partial charge in [-0.15, -0.1) is 0 Å². The smallest absolute Gasteiger partial charge is 0.170 e. The number of fused-ring (bicyclic) bond motifs is 2. The molecule has 1 aromatic rings. The Morgan fingerprint density at radius 3 is 2.68 bits per heavy atom. The standard InChI is InChI=1S/C17H20O2/c18-16(15-12-7-1-2-8-13(12)15)14-9-3-5-11-6-4-10-19-17(11)14/h3,5,9,12-13,15H,1-2,4,6-8,10H2. The van der Waals surface area contributed by atoms with Crippen molar-refractivity contribution < 1.29 is 9.53 Å². The molecule has 2 unspecified atom stereocenters. The largest absolute Gasteiger partial charge is 0.493 e. The van der Waals surface area contributed by atoms with Gasteiger partial charge in [-0.25, -0.2) is 0 Å². The van der Waals surface area contributed by atoms with Gasteiger partial charge in [0, 0.05) is 5.92 Å².